The van der Waals surface area contributed by atoms with Gasteiger partial charge >= 0.3 is 0 Å². The van der Waals surface area contributed by atoms with E-state index < -0.39 is 0 Å². The van der Waals surface area contributed by atoms with Crippen LogP contribution < -0.4 is 0 Å². The molecule has 3 nitrogen and oxygen atoms in total. The predicted molar refractivity (Wildman–Crippen MR) is 36.7 cm³/mol. The summed E-state index contributed by atoms with van der Waals surface area (Å²) in [6.45, 7) is 4.78. The van der Waals surface area contributed by atoms with Crippen LogP contribution in [0.25, 0.3) is 0 Å². The van der Waals surface area contributed by atoms with Crippen molar-refractivity contribution in [2.24, 2.45) is 0 Å². The van der Waals surface area contributed by atoms with Crippen LogP contribution in [0.5, 0.6) is 0 Å². The average molecular weight is 143 g/mol. The molecular formula is C7H13NO2. The molecule has 0 aliphatic carbocycles. The standard InChI is InChI=1S/C7H13NO2/c1-2-8-3-5-9-6-7(8)10-4-1/h7H,1-6H2. The van der Waals surface area contributed by atoms with Crippen molar-refractivity contribution in [2.75, 3.05) is 32.9 Å². The number of ether oxygens (including phenoxy) is 2. The van der Waals surface area contributed by atoms with Gasteiger partial charge < -0.3 is 9.47 Å². The van der Waals surface area contributed by atoms with Crippen molar-refractivity contribution in [3.8, 4) is 0 Å². The minimum atomic E-state index is 0.266. The summed E-state index contributed by atoms with van der Waals surface area (Å²) in [6, 6.07) is 0. The Kier molecular flexibility index (Phi) is 1.88. The van der Waals surface area contributed by atoms with Crippen molar-refractivity contribution in [1.29, 1.82) is 0 Å². The fourth-order valence-electron chi connectivity index (χ4n) is 1.51. The van der Waals surface area contributed by atoms with Crippen LogP contribution in [0.15, 0.2) is 0 Å². The lowest BCUT2D eigenvalue weighted by Crippen LogP contribution is -2.50. The Morgan fingerprint density at radius 1 is 1.20 bits per heavy atom. The summed E-state index contributed by atoms with van der Waals surface area (Å²) < 4.78 is 10.8. The lowest BCUT2D eigenvalue weighted by Gasteiger charge is -2.38. The van der Waals surface area contributed by atoms with Crippen molar-refractivity contribution < 1.29 is 9.47 Å². The number of hydrogen-bond donors (Lipinski definition) is 0. The van der Waals surface area contributed by atoms with Crippen molar-refractivity contribution in [2.45, 2.75) is 12.6 Å². The smallest absolute Gasteiger partial charge is 0.134 e. The van der Waals surface area contributed by atoms with Gasteiger partial charge in [-0.25, -0.2) is 0 Å². The number of nitrogens with zero attached hydrogens (tertiary/aromatic N) is 1. The molecule has 10 heavy (non-hydrogen) atoms. The highest BCUT2D eigenvalue weighted by molar-refractivity contribution is 4.70. The van der Waals surface area contributed by atoms with Gasteiger partial charge in [0, 0.05) is 13.1 Å². The minimum Gasteiger partial charge on any atom is -0.376 e. The first-order valence-corrected chi connectivity index (χ1v) is 3.90. The van der Waals surface area contributed by atoms with E-state index in [-0.39, 0.29) is 6.23 Å². The molecule has 0 radical (unpaired) electrons. The highest BCUT2D eigenvalue weighted by Gasteiger charge is 2.25. The molecule has 2 rings (SSSR count). The normalized spacial score (nSPS) is 35.4. The molecule has 0 amide bonds. The molecule has 58 valence electrons. The van der Waals surface area contributed by atoms with Gasteiger partial charge in [-0.05, 0) is 6.42 Å². The molecule has 2 aliphatic rings. The molecule has 0 aromatic rings. The molecular weight excluding hydrogens is 130 g/mol. The first-order chi connectivity index (χ1) is 4.97. The van der Waals surface area contributed by atoms with Crippen LogP contribution in [0, 0.1) is 0 Å². The highest BCUT2D eigenvalue weighted by atomic mass is 16.6. The molecule has 3 heteroatoms. The van der Waals surface area contributed by atoms with E-state index in [4.69, 9.17) is 9.47 Å². The van der Waals surface area contributed by atoms with E-state index in [1.807, 2.05) is 0 Å². The number of hydrogen-bond acceptors (Lipinski definition) is 3. The minimum absolute atomic E-state index is 0.266. The Morgan fingerprint density at radius 3 is 3.10 bits per heavy atom. The van der Waals surface area contributed by atoms with Gasteiger partial charge in [-0.15, -0.1) is 0 Å². The molecule has 0 spiro atoms. The summed E-state index contributed by atoms with van der Waals surface area (Å²) >= 11 is 0. The predicted octanol–water partition coefficient (Wildman–Crippen LogP) is 0.0650. The molecule has 2 heterocycles. The quantitative estimate of drug-likeness (QED) is 0.479. The monoisotopic (exact) mass is 143 g/mol. The van der Waals surface area contributed by atoms with E-state index in [1.165, 1.54) is 13.0 Å². The maximum absolute atomic E-state index is 5.48. The lowest BCUT2D eigenvalue weighted by atomic mass is 10.3. The average Bonchev–Trinajstić information content (AvgIpc) is 2.05. The van der Waals surface area contributed by atoms with E-state index in [9.17, 15) is 0 Å². The van der Waals surface area contributed by atoms with Gasteiger partial charge in [-0.3, -0.25) is 4.90 Å². The third-order valence-electron chi connectivity index (χ3n) is 2.09. The molecule has 0 bridgehead atoms. The summed E-state index contributed by atoms with van der Waals surface area (Å²) in [6.07, 6.45) is 1.44. The summed E-state index contributed by atoms with van der Waals surface area (Å²) in [5.41, 5.74) is 0. The maximum Gasteiger partial charge on any atom is 0.134 e. The Bertz CT molecular complexity index is 92.2. The Hall–Kier alpha value is -0.120. The molecule has 0 saturated carbocycles. The maximum atomic E-state index is 5.48. The van der Waals surface area contributed by atoms with Crippen LogP contribution in [0.3, 0.4) is 0 Å². The van der Waals surface area contributed by atoms with Gasteiger partial charge in [0.05, 0.1) is 19.8 Å². The third kappa shape index (κ3) is 1.17. The molecule has 1 atom stereocenters. The molecule has 2 fully saturated rings. The molecule has 2 aliphatic heterocycles. The van der Waals surface area contributed by atoms with E-state index in [2.05, 4.69) is 4.90 Å². The summed E-state index contributed by atoms with van der Waals surface area (Å²) in [4.78, 5) is 2.35. The fraction of sp³-hybridized carbons (Fsp3) is 1.00. The van der Waals surface area contributed by atoms with E-state index in [0.717, 1.165) is 26.4 Å². The van der Waals surface area contributed by atoms with Gasteiger partial charge in [-0.1, -0.05) is 0 Å². The van der Waals surface area contributed by atoms with Gasteiger partial charge in [0.15, 0.2) is 0 Å². The second-order valence-electron chi connectivity index (χ2n) is 2.79. The first-order valence-electron chi connectivity index (χ1n) is 3.90. The zero-order valence-corrected chi connectivity index (χ0v) is 6.08. The van der Waals surface area contributed by atoms with Gasteiger partial charge in [-0.2, -0.15) is 0 Å². The molecule has 0 aromatic heterocycles. The Balaban J connectivity index is 1.93. The third-order valence-corrected chi connectivity index (χ3v) is 2.09. The van der Waals surface area contributed by atoms with Crippen molar-refractivity contribution >= 4 is 0 Å². The van der Waals surface area contributed by atoms with Gasteiger partial charge in [0.2, 0.25) is 0 Å². The number of morpholine rings is 1. The number of fused-ring (bicyclic) bond motifs is 1. The zero-order valence-electron chi connectivity index (χ0n) is 6.08. The first kappa shape index (κ1) is 6.58. The fourth-order valence-corrected chi connectivity index (χ4v) is 1.51. The summed E-state index contributed by atoms with van der Waals surface area (Å²) in [5.74, 6) is 0. The molecule has 0 aromatic carbocycles. The lowest BCUT2D eigenvalue weighted by molar-refractivity contribution is -0.163. The van der Waals surface area contributed by atoms with Crippen LogP contribution in [-0.4, -0.2) is 44.0 Å². The van der Waals surface area contributed by atoms with Crippen LogP contribution in [0.2, 0.25) is 0 Å². The van der Waals surface area contributed by atoms with Crippen LogP contribution in [0.4, 0.5) is 0 Å². The molecule has 1 unspecified atom stereocenters. The zero-order chi connectivity index (χ0) is 6.81. The van der Waals surface area contributed by atoms with Crippen LogP contribution in [-0.2, 0) is 9.47 Å². The largest absolute Gasteiger partial charge is 0.376 e. The van der Waals surface area contributed by atoms with Crippen molar-refractivity contribution in [1.82, 2.24) is 4.90 Å². The highest BCUT2D eigenvalue weighted by Crippen LogP contribution is 2.13. The van der Waals surface area contributed by atoms with Crippen molar-refractivity contribution in [3.05, 3.63) is 0 Å². The number of rotatable bonds is 0. The van der Waals surface area contributed by atoms with E-state index >= 15 is 0 Å². The molecule has 2 saturated heterocycles. The van der Waals surface area contributed by atoms with Crippen LogP contribution in [0.1, 0.15) is 6.42 Å². The van der Waals surface area contributed by atoms with Crippen molar-refractivity contribution in [3.63, 3.8) is 0 Å². The topological polar surface area (TPSA) is 21.7 Å². The molecule has 0 N–H and O–H groups in total. The van der Waals surface area contributed by atoms with E-state index in [0.29, 0.717) is 0 Å². The Morgan fingerprint density at radius 2 is 2.20 bits per heavy atom. The van der Waals surface area contributed by atoms with Gasteiger partial charge in [0.1, 0.15) is 6.23 Å². The SMILES string of the molecule is C1COC2COCCN2C1. The summed E-state index contributed by atoms with van der Waals surface area (Å²) in [7, 11) is 0. The van der Waals surface area contributed by atoms with Crippen LogP contribution >= 0.6 is 0 Å². The Labute approximate surface area is 60.9 Å². The second-order valence-corrected chi connectivity index (χ2v) is 2.79. The van der Waals surface area contributed by atoms with Gasteiger partial charge in [0.25, 0.3) is 0 Å². The summed E-state index contributed by atoms with van der Waals surface area (Å²) in [5, 5.41) is 0. The second kappa shape index (κ2) is 2.86. The van der Waals surface area contributed by atoms with E-state index in [1.54, 1.807) is 0 Å².